The summed E-state index contributed by atoms with van der Waals surface area (Å²) in [6, 6.07) is 5.83. The topological polar surface area (TPSA) is 35.5 Å². The van der Waals surface area contributed by atoms with Crippen LogP contribution in [-0.2, 0) is 11.2 Å². The summed E-state index contributed by atoms with van der Waals surface area (Å²) in [6.07, 6.45) is 3.08. The van der Waals surface area contributed by atoms with Gasteiger partial charge in [0, 0.05) is 12.8 Å². The summed E-state index contributed by atoms with van der Waals surface area (Å²) in [4.78, 5) is 10.3. The van der Waals surface area contributed by atoms with Crippen LogP contribution in [0.2, 0.25) is 0 Å². The van der Waals surface area contributed by atoms with Crippen LogP contribution in [0.5, 0.6) is 11.5 Å². The van der Waals surface area contributed by atoms with Crippen LogP contribution in [0.1, 0.15) is 18.4 Å². The molecule has 3 nitrogen and oxygen atoms in total. The summed E-state index contributed by atoms with van der Waals surface area (Å²) < 4.78 is 11.2. The molecular formula is C12H14O3. The summed E-state index contributed by atoms with van der Waals surface area (Å²) in [5, 5.41) is 0. The molecule has 1 aliphatic heterocycles. The van der Waals surface area contributed by atoms with E-state index in [1.807, 2.05) is 18.2 Å². The summed E-state index contributed by atoms with van der Waals surface area (Å²) >= 11 is 0. The van der Waals surface area contributed by atoms with Crippen molar-refractivity contribution in [3.63, 3.8) is 0 Å². The third-order valence-corrected chi connectivity index (χ3v) is 2.38. The van der Waals surface area contributed by atoms with Crippen LogP contribution in [0.3, 0.4) is 0 Å². The lowest BCUT2D eigenvalue weighted by Gasteiger charge is -2.11. The van der Waals surface area contributed by atoms with Crippen LogP contribution in [0, 0.1) is 0 Å². The normalized spacial score (nSPS) is 14.4. The third kappa shape index (κ3) is 2.29. The zero-order chi connectivity index (χ0) is 10.5. The molecule has 0 N–H and O–H groups in total. The number of aldehydes is 1. The molecule has 1 heterocycles. The van der Waals surface area contributed by atoms with Crippen LogP contribution >= 0.6 is 0 Å². The van der Waals surface area contributed by atoms with Crippen molar-refractivity contribution in [3.8, 4) is 11.5 Å². The number of benzene rings is 1. The van der Waals surface area contributed by atoms with E-state index in [-0.39, 0.29) is 0 Å². The lowest BCUT2D eigenvalue weighted by atomic mass is 10.1. The van der Waals surface area contributed by atoms with Gasteiger partial charge in [-0.05, 0) is 18.1 Å². The van der Waals surface area contributed by atoms with Gasteiger partial charge in [0.15, 0.2) is 11.5 Å². The van der Waals surface area contributed by atoms with Crippen molar-refractivity contribution >= 4 is 6.29 Å². The van der Waals surface area contributed by atoms with Gasteiger partial charge in [0.25, 0.3) is 0 Å². The molecule has 1 aromatic rings. The number of ether oxygens (including phenoxy) is 2. The monoisotopic (exact) mass is 206 g/mol. The molecule has 0 spiro atoms. The molecule has 0 atom stereocenters. The number of rotatable bonds is 3. The fourth-order valence-corrected chi connectivity index (χ4v) is 1.67. The predicted molar refractivity (Wildman–Crippen MR) is 56.4 cm³/mol. The summed E-state index contributed by atoms with van der Waals surface area (Å²) in [7, 11) is 0. The average Bonchev–Trinajstić information content (AvgIpc) is 2.51. The Kier molecular flexibility index (Phi) is 3.22. The van der Waals surface area contributed by atoms with Crippen LogP contribution in [-0.4, -0.2) is 19.5 Å². The predicted octanol–water partition coefficient (Wildman–Crippen LogP) is 1.98. The van der Waals surface area contributed by atoms with E-state index < -0.39 is 0 Å². The van der Waals surface area contributed by atoms with Crippen molar-refractivity contribution in [2.45, 2.75) is 19.3 Å². The van der Waals surface area contributed by atoms with Crippen molar-refractivity contribution in [3.05, 3.63) is 23.8 Å². The molecule has 0 bridgehead atoms. The fourth-order valence-electron chi connectivity index (χ4n) is 1.67. The summed E-state index contributed by atoms with van der Waals surface area (Å²) in [5.74, 6) is 1.62. The molecule has 0 unspecified atom stereocenters. The molecular weight excluding hydrogens is 192 g/mol. The molecule has 1 aromatic carbocycles. The Balaban J connectivity index is 2.25. The van der Waals surface area contributed by atoms with E-state index in [1.165, 1.54) is 0 Å². The van der Waals surface area contributed by atoms with Crippen molar-refractivity contribution in [1.82, 2.24) is 0 Å². The van der Waals surface area contributed by atoms with Gasteiger partial charge in [0.05, 0.1) is 13.2 Å². The summed E-state index contributed by atoms with van der Waals surface area (Å²) in [6.45, 7) is 1.38. The van der Waals surface area contributed by atoms with E-state index in [4.69, 9.17) is 9.47 Å². The maximum atomic E-state index is 10.3. The van der Waals surface area contributed by atoms with Crippen molar-refractivity contribution < 1.29 is 14.3 Å². The van der Waals surface area contributed by atoms with Crippen LogP contribution < -0.4 is 9.47 Å². The van der Waals surface area contributed by atoms with Gasteiger partial charge in [0.2, 0.25) is 0 Å². The first-order valence-electron chi connectivity index (χ1n) is 5.23. The van der Waals surface area contributed by atoms with Crippen LogP contribution in [0.15, 0.2) is 18.2 Å². The molecule has 0 radical (unpaired) electrons. The van der Waals surface area contributed by atoms with E-state index >= 15 is 0 Å². The number of carbonyl (C=O) groups excluding carboxylic acids is 1. The van der Waals surface area contributed by atoms with Crippen LogP contribution in [0.4, 0.5) is 0 Å². The molecule has 0 aliphatic carbocycles. The molecule has 1 aliphatic rings. The largest absolute Gasteiger partial charge is 0.490 e. The second kappa shape index (κ2) is 4.82. The van der Waals surface area contributed by atoms with Gasteiger partial charge >= 0.3 is 0 Å². The highest BCUT2D eigenvalue weighted by molar-refractivity contribution is 5.53. The number of hydrogen-bond acceptors (Lipinski definition) is 3. The number of aryl methyl sites for hydroxylation is 1. The molecule has 0 saturated carbocycles. The Morgan fingerprint density at radius 2 is 2.13 bits per heavy atom. The van der Waals surface area contributed by atoms with E-state index in [0.29, 0.717) is 19.6 Å². The van der Waals surface area contributed by atoms with Gasteiger partial charge in [-0.15, -0.1) is 0 Å². The molecule has 0 fully saturated rings. The maximum Gasteiger partial charge on any atom is 0.164 e. The summed E-state index contributed by atoms with van der Waals surface area (Å²) in [5.41, 5.74) is 1.06. The molecule has 80 valence electrons. The molecule has 3 heteroatoms. The quantitative estimate of drug-likeness (QED) is 0.709. The third-order valence-electron chi connectivity index (χ3n) is 2.38. The highest BCUT2D eigenvalue weighted by Gasteiger charge is 2.13. The SMILES string of the molecule is O=CCCc1cccc2c1OCCCO2. The second-order valence-corrected chi connectivity index (χ2v) is 3.50. The van der Waals surface area contributed by atoms with E-state index in [1.54, 1.807) is 0 Å². The minimum atomic E-state index is 0.528. The lowest BCUT2D eigenvalue weighted by Crippen LogP contribution is -1.98. The zero-order valence-electron chi connectivity index (χ0n) is 8.57. The first kappa shape index (κ1) is 10.0. The standard InChI is InChI=1S/C12H14O3/c13-7-2-5-10-4-1-6-11-12(10)15-9-3-8-14-11/h1,4,6-7H,2-3,5,8-9H2. The van der Waals surface area contributed by atoms with Gasteiger partial charge in [-0.25, -0.2) is 0 Å². The van der Waals surface area contributed by atoms with Gasteiger partial charge in [0.1, 0.15) is 6.29 Å². The average molecular weight is 206 g/mol. The molecule has 0 aromatic heterocycles. The van der Waals surface area contributed by atoms with E-state index in [2.05, 4.69) is 0 Å². The molecule has 0 saturated heterocycles. The van der Waals surface area contributed by atoms with Crippen molar-refractivity contribution in [2.24, 2.45) is 0 Å². The zero-order valence-corrected chi connectivity index (χ0v) is 8.57. The van der Waals surface area contributed by atoms with Gasteiger partial charge in [-0.2, -0.15) is 0 Å². The number of para-hydroxylation sites is 1. The van der Waals surface area contributed by atoms with E-state index in [9.17, 15) is 4.79 Å². The Hall–Kier alpha value is -1.51. The van der Waals surface area contributed by atoms with E-state index in [0.717, 1.165) is 36.2 Å². The second-order valence-electron chi connectivity index (χ2n) is 3.50. The minimum Gasteiger partial charge on any atom is -0.490 e. The molecule has 2 rings (SSSR count). The Morgan fingerprint density at radius 3 is 3.00 bits per heavy atom. The molecule has 0 amide bonds. The Labute approximate surface area is 89.0 Å². The van der Waals surface area contributed by atoms with Crippen molar-refractivity contribution in [2.75, 3.05) is 13.2 Å². The smallest absolute Gasteiger partial charge is 0.164 e. The van der Waals surface area contributed by atoms with Gasteiger partial charge in [-0.1, -0.05) is 12.1 Å². The highest BCUT2D eigenvalue weighted by Crippen LogP contribution is 2.33. The van der Waals surface area contributed by atoms with Crippen LogP contribution in [0.25, 0.3) is 0 Å². The first-order chi connectivity index (χ1) is 7.42. The van der Waals surface area contributed by atoms with Gasteiger partial charge < -0.3 is 14.3 Å². The number of fused-ring (bicyclic) bond motifs is 1. The maximum absolute atomic E-state index is 10.3. The molecule has 15 heavy (non-hydrogen) atoms. The Bertz CT molecular complexity index is 347. The number of hydrogen-bond donors (Lipinski definition) is 0. The minimum absolute atomic E-state index is 0.528. The van der Waals surface area contributed by atoms with Crippen molar-refractivity contribution in [1.29, 1.82) is 0 Å². The number of carbonyl (C=O) groups is 1. The van der Waals surface area contributed by atoms with Gasteiger partial charge in [-0.3, -0.25) is 0 Å². The lowest BCUT2D eigenvalue weighted by molar-refractivity contribution is -0.107. The fraction of sp³-hybridized carbons (Fsp3) is 0.417. The highest BCUT2D eigenvalue weighted by atomic mass is 16.5. The first-order valence-corrected chi connectivity index (χ1v) is 5.23. The Morgan fingerprint density at radius 1 is 1.27 bits per heavy atom.